The molecule has 0 atom stereocenters. The number of benzene rings is 4. The number of hydrogen-bond donors (Lipinski definition) is 2. The van der Waals surface area contributed by atoms with Gasteiger partial charge in [0.1, 0.15) is 0 Å². The van der Waals surface area contributed by atoms with E-state index in [1.807, 2.05) is 48.5 Å². The lowest BCUT2D eigenvalue weighted by molar-refractivity contribution is 0.0686. The minimum absolute atomic E-state index is 0.193. The molecule has 0 radical (unpaired) electrons. The van der Waals surface area contributed by atoms with Gasteiger partial charge in [-0.15, -0.1) is 0 Å². The molecule has 2 N–H and O–H groups in total. The number of carboxylic acids is 2. The zero-order valence-corrected chi connectivity index (χ0v) is 14.3. The third-order valence-corrected chi connectivity index (χ3v) is 4.90. The van der Waals surface area contributed by atoms with E-state index in [2.05, 4.69) is 0 Å². The Morgan fingerprint density at radius 2 is 1.00 bits per heavy atom. The van der Waals surface area contributed by atoms with Crippen molar-refractivity contribution in [1.82, 2.24) is 0 Å². The molecule has 0 fully saturated rings. The maximum Gasteiger partial charge on any atom is 0.335 e. The lowest BCUT2D eigenvalue weighted by Crippen LogP contribution is -2.08. The molecule has 0 bridgehead atoms. The second-order valence-corrected chi connectivity index (χ2v) is 6.41. The van der Waals surface area contributed by atoms with Crippen LogP contribution in [0.2, 0.25) is 0 Å². The van der Waals surface area contributed by atoms with E-state index in [0.29, 0.717) is 11.1 Å². The highest BCUT2D eigenvalue weighted by atomic mass is 16.4. The summed E-state index contributed by atoms with van der Waals surface area (Å²) in [6.07, 6.45) is 0.228. The fraction of sp³-hybridized carbons (Fsp3) is 0.0435. The Bertz CT molecular complexity index is 1110. The van der Waals surface area contributed by atoms with E-state index in [9.17, 15) is 19.8 Å². The van der Waals surface area contributed by atoms with Crippen LogP contribution in [0, 0.1) is 0 Å². The molecule has 27 heavy (non-hydrogen) atoms. The van der Waals surface area contributed by atoms with Crippen LogP contribution in [0.3, 0.4) is 0 Å². The predicted molar refractivity (Wildman–Crippen MR) is 105 cm³/mol. The monoisotopic (exact) mass is 356 g/mol. The Morgan fingerprint density at radius 3 is 1.41 bits per heavy atom. The fourth-order valence-electron chi connectivity index (χ4n) is 3.63. The highest BCUT2D eigenvalue weighted by Gasteiger charge is 2.19. The summed E-state index contributed by atoms with van der Waals surface area (Å²) in [6.45, 7) is 0. The standard InChI is InChI=1S/C23H16O4/c24-22(25)18-11-9-14-5-1-3-7-16(14)20(18)13-21-17-8-4-2-6-15(17)10-12-19(21)23(26)27/h1-12H,13H2,(H,24,25)(H,26,27). The molecule has 0 aliphatic heterocycles. The van der Waals surface area contributed by atoms with Crippen molar-refractivity contribution in [1.29, 1.82) is 0 Å². The molecule has 0 amide bonds. The van der Waals surface area contributed by atoms with Gasteiger partial charge in [0.05, 0.1) is 11.1 Å². The van der Waals surface area contributed by atoms with Gasteiger partial charge in [0.2, 0.25) is 0 Å². The van der Waals surface area contributed by atoms with Crippen LogP contribution >= 0.6 is 0 Å². The molecule has 4 rings (SSSR count). The Labute approximate surface area is 155 Å². The van der Waals surface area contributed by atoms with Crippen LogP contribution in [0.25, 0.3) is 21.5 Å². The summed E-state index contributed by atoms with van der Waals surface area (Å²) in [5.74, 6) is -2.04. The number of rotatable bonds is 4. The smallest absolute Gasteiger partial charge is 0.335 e. The summed E-state index contributed by atoms with van der Waals surface area (Å²) >= 11 is 0. The van der Waals surface area contributed by atoms with Gasteiger partial charge in [-0.25, -0.2) is 9.59 Å². The fourth-order valence-corrected chi connectivity index (χ4v) is 3.63. The maximum atomic E-state index is 11.8. The molecule has 0 heterocycles. The van der Waals surface area contributed by atoms with Crippen LogP contribution in [0.5, 0.6) is 0 Å². The van der Waals surface area contributed by atoms with Crippen LogP contribution in [0.15, 0.2) is 72.8 Å². The lowest BCUT2D eigenvalue weighted by atomic mass is 9.89. The molecule has 0 aliphatic rings. The normalized spacial score (nSPS) is 11.0. The number of hydrogen-bond acceptors (Lipinski definition) is 2. The molecule has 0 aliphatic carbocycles. The van der Waals surface area contributed by atoms with Crippen molar-refractivity contribution < 1.29 is 19.8 Å². The minimum atomic E-state index is -1.02. The van der Waals surface area contributed by atoms with E-state index in [0.717, 1.165) is 21.5 Å². The Kier molecular flexibility index (Phi) is 4.09. The zero-order valence-electron chi connectivity index (χ0n) is 14.3. The van der Waals surface area contributed by atoms with Crippen molar-refractivity contribution in [3.05, 3.63) is 95.1 Å². The summed E-state index contributed by atoms with van der Waals surface area (Å²) in [5, 5.41) is 22.9. The van der Waals surface area contributed by atoms with Crippen molar-refractivity contribution in [2.45, 2.75) is 6.42 Å². The van der Waals surface area contributed by atoms with Crippen LogP contribution < -0.4 is 0 Å². The van der Waals surface area contributed by atoms with Gasteiger partial charge < -0.3 is 10.2 Å². The molecule has 4 aromatic rings. The van der Waals surface area contributed by atoms with Gasteiger partial charge in [0.25, 0.3) is 0 Å². The maximum absolute atomic E-state index is 11.8. The minimum Gasteiger partial charge on any atom is -0.478 e. The first-order valence-electron chi connectivity index (χ1n) is 8.54. The summed E-state index contributed by atoms with van der Waals surface area (Å²) in [6, 6.07) is 21.9. The van der Waals surface area contributed by atoms with Crippen LogP contribution in [-0.2, 0) is 6.42 Å². The first kappa shape index (κ1) is 16.8. The van der Waals surface area contributed by atoms with E-state index in [1.54, 1.807) is 24.3 Å². The average molecular weight is 356 g/mol. The first-order chi connectivity index (χ1) is 13.1. The van der Waals surface area contributed by atoms with E-state index >= 15 is 0 Å². The molecular formula is C23H16O4. The molecule has 0 spiro atoms. The van der Waals surface area contributed by atoms with Gasteiger partial charge in [0, 0.05) is 6.42 Å². The highest BCUT2D eigenvalue weighted by molar-refractivity contribution is 6.01. The molecule has 0 saturated carbocycles. The van der Waals surface area contributed by atoms with Crippen molar-refractivity contribution >= 4 is 33.5 Å². The van der Waals surface area contributed by atoms with Gasteiger partial charge in [-0.2, -0.15) is 0 Å². The highest BCUT2D eigenvalue weighted by Crippen LogP contribution is 2.30. The van der Waals surface area contributed by atoms with Crippen molar-refractivity contribution in [3.63, 3.8) is 0 Å². The quantitative estimate of drug-likeness (QED) is 0.541. The van der Waals surface area contributed by atoms with Gasteiger partial charge in [-0.3, -0.25) is 0 Å². The van der Waals surface area contributed by atoms with E-state index < -0.39 is 11.9 Å². The van der Waals surface area contributed by atoms with Crippen molar-refractivity contribution in [3.8, 4) is 0 Å². The molecule has 0 saturated heterocycles. The largest absolute Gasteiger partial charge is 0.478 e. The van der Waals surface area contributed by atoms with E-state index in [4.69, 9.17) is 0 Å². The summed E-state index contributed by atoms with van der Waals surface area (Å²) in [5.41, 5.74) is 1.63. The van der Waals surface area contributed by atoms with Crippen LogP contribution in [0.4, 0.5) is 0 Å². The Morgan fingerprint density at radius 1 is 0.593 bits per heavy atom. The summed E-state index contributed by atoms with van der Waals surface area (Å²) in [4.78, 5) is 23.6. The SMILES string of the molecule is O=C(O)c1ccc2ccccc2c1Cc1c(C(=O)O)ccc2ccccc12. The third kappa shape index (κ3) is 2.91. The third-order valence-electron chi connectivity index (χ3n) is 4.90. The van der Waals surface area contributed by atoms with Gasteiger partial charge in [-0.1, -0.05) is 60.7 Å². The lowest BCUT2D eigenvalue weighted by Gasteiger charge is -2.15. The number of aromatic carboxylic acids is 2. The molecular weight excluding hydrogens is 340 g/mol. The topological polar surface area (TPSA) is 74.6 Å². The van der Waals surface area contributed by atoms with Crippen molar-refractivity contribution in [2.75, 3.05) is 0 Å². The number of carbonyl (C=O) groups is 2. The molecule has 132 valence electrons. The van der Waals surface area contributed by atoms with E-state index in [-0.39, 0.29) is 17.5 Å². The van der Waals surface area contributed by atoms with Gasteiger partial charge >= 0.3 is 11.9 Å². The Hall–Kier alpha value is -3.66. The van der Waals surface area contributed by atoms with Gasteiger partial charge in [0.15, 0.2) is 0 Å². The van der Waals surface area contributed by atoms with Crippen LogP contribution in [0.1, 0.15) is 31.8 Å². The van der Waals surface area contributed by atoms with Crippen LogP contribution in [-0.4, -0.2) is 22.2 Å². The molecule has 0 aromatic heterocycles. The average Bonchev–Trinajstić information content (AvgIpc) is 2.68. The molecule has 4 nitrogen and oxygen atoms in total. The second-order valence-electron chi connectivity index (χ2n) is 6.41. The van der Waals surface area contributed by atoms with Gasteiger partial charge in [-0.05, 0) is 44.8 Å². The first-order valence-corrected chi connectivity index (χ1v) is 8.54. The summed E-state index contributed by atoms with van der Waals surface area (Å²) < 4.78 is 0. The number of carboxylic acid groups (broad SMARTS) is 2. The molecule has 0 unspecified atom stereocenters. The van der Waals surface area contributed by atoms with E-state index in [1.165, 1.54) is 0 Å². The zero-order chi connectivity index (χ0) is 19.0. The number of fused-ring (bicyclic) bond motifs is 2. The second kappa shape index (κ2) is 6.57. The predicted octanol–water partition coefficient (Wildman–Crippen LogP) is 4.98. The summed E-state index contributed by atoms with van der Waals surface area (Å²) in [7, 11) is 0. The van der Waals surface area contributed by atoms with Crippen molar-refractivity contribution in [2.24, 2.45) is 0 Å². The molecule has 4 aromatic carbocycles. The Balaban J connectivity index is 2.03. The molecule has 4 heteroatoms.